The predicted molar refractivity (Wildman–Crippen MR) is 78.1 cm³/mol. The summed E-state index contributed by atoms with van der Waals surface area (Å²) in [6.07, 6.45) is -3.19. The number of benzene rings is 2. The molecule has 2 amide bonds. The van der Waals surface area contributed by atoms with E-state index in [0.717, 1.165) is 12.1 Å². The van der Waals surface area contributed by atoms with Crippen molar-refractivity contribution in [2.75, 3.05) is 10.6 Å². The summed E-state index contributed by atoms with van der Waals surface area (Å²) in [5, 5.41) is 4.86. The maximum atomic E-state index is 12.6. The van der Waals surface area contributed by atoms with Gasteiger partial charge in [0.05, 0.1) is 5.56 Å². The Morgan fingerprint density at radius 1 is 1.04 bits per heavy atom. The van der Waals surface area contributed by atoms with E-state index in [-0.39, 0.29) is 5.69 Å². The quantitative estimate of drug-likeness (QED) is 0.731. The van der Waals surface area contributed by atoms with Crippen LogP contribution in [0.3, 0.4) is 0 Å². The van der Waals surface area contributed by atoms with E-state index in [9.17, 15) is 18.0 Å². The van der Waals surface area contributed by atoms with Crippen LogP contribution in [0.25, 0.3) is 11.1 Å². The molecule has 0 aliphatic carbocycles. The van der Waals surface area contributed by atoms with Gasteiger partial charge in [0.15, 0.2) is 12.0 Å². The molecule has 0 saturated heterocycles. The fourth-order valence-corrected chi connectivity index (χ4v) is 2.00. The highest BCUT2D eigenvalue weighted by Gasteiger charge is 2.30. The lowest BCUT2D eigenvalue weighted by atomic mass is 10.2. The first-order valence-electron chi connectivity index (χ1n) is 6.50. The SMILES string of the molecule is O=C(Nc1cccc(C(F)(F)F)c1)Nc1ccc2ncoc2c1. The van der Waals surface area contributed by atoms with Crippen LogP contribution in [0.4, 0.5) is 29.3 Å². The number of alkyl halides is 3. The molecule has 0 atom stereocenters. The van der Waals surface area contributed by atoms with Crippen LogP contribution in [-0.4, -0.2) is 11.0 Å². The maximum absolute atomic E-state index is 12.6. The summed E-state index contributed by atoms with van der Waals surface area (Å²) < 4.78 is 43.0. The minimum atomic E-state index is -4.47. The maximum Gasteiger partial charge on any atom is 0.416 e. The Morgan fingerprint density at radius 2 is 1.78 bits per heavy atom. The van der Waals surface area contributed by atoms with Crippen molar-refractivity contribution in [3.05, 3.63) is 54.4 Å². The Bertz CT molecular complexity index is 858. The van der Waals surface area contributed by atoms with E-state index in [1.807, 2.05) is 0 Å². The summed E-state index contributed by atoms with van der Waals surface area (Å²) in [6.45, 7) is 0. The monoisotopic (exact) mass is 321 g/mol. The van der Waals surface area contributed by atoms with Crippen molar-refractivity contribution in [3.8, 4) is 0 Å². The molecule has 0 saturated carbocycles. The fourth-order valence-electron chi connectivity index (χ4n) is 2.00. The van der Waals surface area contributed by atoms with Crippen LogP contribution >= 0.6 is 0 Å². The van der Waals surface area contributed by atoms with Crippen LogP contribution in [0.5, 0.6) is 0 Å². The van der Waals surface area contributed by atoms with Crippen molar-refractivity contribution in [2.45, 2.75) is 6.18 Å². The summed E-state index contributed by atoms with van der Waals surface area (Å²) in [6, 6.07) is 8.54. The molecule has 3 rings (SSSR count). The average molecular weight is 321 g/mol. The first kappa shape index (κ1) is 14.9. The third kappa shape index (κ3) is 3.42. The van der Waals surface area contributed by atoms with E-state index < -0.39 is 17.8 Å². The van der Waals surface area contributed by atoms with Crippen LogP contribution in [0.15, 0.2) is 53.3 Å². The Morgan fingerprint density at radius 3 is 2.52 bits per heavy atom. The molecule has 0 unspecified atom stereocenters. The Labute approximate surface area is 128 Å². The lowest BCUT2D eigenvalue weighted by Gasteiger charge is -2.10. The van der Waals surface area contributed by atoms with Gasteiger partial charge in [0.2, 0.25) is 0 Å². The Hall–Kier alpha value is -3.03. The molecule has 0 radical (unpaired) electrons. The zero-order valence-corrected chi connectivity index (χ0v) is 11.5. The van der Waals surface area contributed by atoms with E-state index in [1.54, 1.807) is 18.2 Å². The highest BCUT2D eigenvalue weighted by molar-refractivity contribution is 6.00. The lowest BCUT2D eigenvalue weighted by molar-refractivity contribution is -0.137. The number of carbonyl (C=O) groups is 1. The molecule has 0 fully saturated rings. The van der Waals surface area contributed by atoms with E-state index in [1.165, 1.54) is 18.5 Å². The van der Waals surface area contributed by atoms with Gasteiger partial charge in [-0.1, -0.05) is 6.07 Å². The highest BCUT2D eigenvalue weighted by atomic mass is 19.4. The second-order valence-electron chi connectivity index (χ2n) is 4.69. The van der Waals surface area contributed by atoms with Crippen molar-refractivity contribution in [1.29, 1.82) is 0 Å². The third-order valence-electron chi connectivity index (χ3n) is 3.04. The number of fused-ring (bicyclic) bond motifs is 1. The second kappa shape index (κ2) is 5.64. The largest absolute Gasteiger partial charge is 0.443 e. The number of nitrogens with zero attached hydrogens (tertiary/aromatic N) is 1. The molecule has 0 aliphatic rings. The van der Waals surface area contributed by atoms with Gasteiger partial charge in [0.1, 0.15) is 5.52 Å². The Balaban J connectivity index is 1.71. The van der Waals surface area contributed by atoms with Crippen molar-refractivity contribution in [2.24, 2.45) is 0 Å². The van der Waals surface area contributed by atoms with Crippen LogP contribution < -0.4 is 10.6 Å². The van der Waals surface area contributed by atoms with Gasteiger partial charge in [-0.3, -0.25) is 0 Å². The highest BCUT2D eigenvalue weighted by Crippen LogP contribution is 2.30. The minimum absolute atomic E-state index is 0.0399. The molecule has 23 heavy (non-hydrogen) atoms. The zero-order valence-electron chi connectivity index (χ0n) is 11.5. The zero-order chi connectivity index (χ0) is 16.4. The Kier molecular flexibility index (Phi) is 3.65. The molecule has 3 aromatic rings. The van der Waals surface area contributed by atoms with Gasteiger partial charge >= 0.3 is 12.2 Å². The predicted octanol–water partition coefficient (Wildman–Crippen LogP) is 4.49. The molecule has 2 aromatic carbocycles. The molecular formula is C15H10F3N3O2. The van der Waals surface area contributed by atoms with Crippen LogP contribution in [-0.2, 0) is 6.18 Å². The number of rotatable bonds is 2. The molecule has 1 aromatic heterocycles. The number of carbonyl (C=O) groups excluding carboxylic acids is 1. The van der Waals surface area contributed by atoms with Crippen LogP contribution in [0.2, 0.25) is 0 Å². The van der Waals surface area contributed by atoms with Crippen molar-refractivity contribution in [1.82, 2.24) is 4.98 Å². The standard InChI is InChI=1S/C15H10F3N3O2/c16-15(17,18)9-2-1-3-10(6-9)20-14(22)21-11-4-5-12-13(7-11)23-8-19-12/h1-8H,(H2,20,21,22). The molecule has 1 heterocycles. The van der Waals surface area contributed by atoms with E-state index in [2.05, 4.69) is 15.6 Å². The number of anilines is 2. The van der Waals surface area contributed by atoms with Crippen LogP contribution in [0.1, 0.15) is 5.56 Å². The number of oxazole rings is 1. The van der Waals surface area contributed by atoms with Gasteiger partial charge in [-0.05, 0) is 30.3 Å². The van der Waals surface area contributed by atoms with E-state index >= 15 is 0 Å². The van der Waals surface area contributed by atoms with Crippen LogP contribution in [0, 0.1) is 0 Å². The summed E-state index contributed by atoms with van der Waals surface area (Å²) in [4.78, 5) is 15.8. The normalized spacial score (nSPS) is 11.4. The summed E-state index contributed by atoms with van der Waals surface area (Å²) in [5.74, 6) is 0. The van der Waals surface area contributed by atoms with Crippen molar-refractivity contribution < 1.29 is 22.4 Å². The van der Waals surface area contributed by atoms with Gasteiger partial charge < -0.3 is 15.1 Å². The number of hydrogen-bond donors (Lipinski definition) is 2. The van der Waals surface area contributed by atoms with Crippen molar-refractivity contribution in [3.63, 3.8) is 0 Å². The molecule has 0 bridgehead atoms. The molecule has 0 aliphatic heterocycles. The average Bonchev–Trinajstić information content (AvgIpc) is 2.94. The number of amides is 2. The summed E-state index contributed by atoms with van der Waals surface area (Å²) in [7, 11) is 0. The van der Waals surface area contributed by atoms with Gasteiger partial charge in [-0.25, -0.2) is 9.78 Å². The lowest BCUT2D eigenvalue weighted by Crippen LogP contribution is -2.19. The minimum Gasteiger partial charge on any atom is -0.443 e. The second-order valence-corrected chi connectivity index (χ2v) is 4.69. The summed E-state index contributed by atoms with van der Waals surface area (Å²) in [5.41, 5.74) is 0.755. The first-order valence-corrected chi connectivity index (χ1v) is 6.50. The smallest absolute Gasteiger partial charge is 0.416 e. The molecule has 118 valence electrons. The van der Waals surface area contributed by atoms with Gasteiger partial charge in [0, 0.05) is 17.4 Å². The third-order valence-corrected chi connectivity index (χ3v) is 3.04. The molecule has 5 nitrogen and oxygen atoms in total. The van der Waals surface area contributed by atoms with Gasteiger partial charge in [-0.2, -0.15) is 13.2 Å². The topological polar surface area (TPSA) is 67.2 Å². The number of aromatic nitrogens is 1. The molecule has 2 N–H and O–H groups in total. The van der Waals surface area contributed by atoms with E-state index in [0.29, 0.717) is 16.8 Å². The molecular weight excluding hydrogens is 311 g/mol. The number of hydrogen-bond acceptors (Lipinski definition) is 3. The first-order chi connectivity index (χ1) is 10.9. The van der Waals surface area contributed by atoms with Gasteiger partial charge in [0.25, 0.3) is 0 Å². The fraction of sp³-hybridized carbons (Fsp3) is 0.0667. The number of halogens is 3. The number of nitrogens with one attached hydrogen (secondary N) is 2. The van der Waals surface area contributed by atoms with E-state index in [4.69, 9.17) is 4.42 Å². The van der Waals surface area contributed by atoms with Gasteiger partial charge in [-0.15, -0.1) is 0 Å². The van der Waals surface area contributed by atoms with Crippen molar-refractivity contribution >= 4 is 28.5 Å². The number of urea groups is 1. The summed E-state index contributed by atoms with van der Waals surface area (Å²) >= 11 is 0. The molecule has 8 heteroatoms. The molecule has 0 spiro atoms.